The first-order valence-electron chi connectivity index (χ1n) is 9.04. The molecule has 0 spiro atoms. The Labute approximate surface area is 157 Å². The lowest BCUT2D eigenvalue weighted by atomic mass is 10.1. The van der Waals surface area contributed by atoms with Crippen LogP contribution in [-0.2, 0) is 4.79 Å². The fourth-order valence-electron chi connectivity index (χ4n) is 3.18. The average Bonchev–Trinajstić information content (AvgIpc) is 3.08. The molecule has 0 radical (unpaired) electrons. The number of aromatic nitrogens is 3. The summed E-state index contributed by atoms with van der Waals surface area (Å²) in [6.45, 7) is 3.46. The fraction of sp³-hybridized carbons (Fsp3) is 0.350. The van der Waals surface area contributed by atoms with Gasteiger partial charge in [0.05, 0.1) is 24.9 Å². The molecule has 3 aromatic rings. The molecule has 0 saturated carbocycles. The standard InChI is InChI=1S/C20H22N4O3/c1-13-19(25)12-24(2)6-3-7-26-15-4-5-18-17(9-15)20(23-22-18)14-8-16(27-13)11-21-10-14/h4-5,8-11,13H,3,6-7,12H2,1-2H3,(H,22,23). The molecule has 0 amide bonds. The van der Waals surface area contributed by atoms with Crippen molar-refractivity contribution in [3.63, 3.8) is 0 Å². The van der Waals surface area contributed by atoms with Crippen LogP contribution in [0.25, 0.3) is 22.2 Å². The number of Topliss-reactive ketones (excluding diaryl/α,β-unsaturated/α-hetero) is 1. The van der Waals surface area contributed by atoms with Gasteiger partial charge in [-0.15, -0.1) is 0 Å². The molecule has 1 aliphatic rings. The maximum Gasteiger partial charge on any atom is 0.186 e. The monoisotopic (exact) mass is 366 g/mol. The van der Waals surface area contributed by atoms with Crippen molar-refractivity contribution < 1.29 is 14.3 Å². The molecule has 0 aliphatic carbocycles. The second-order valence-electron chi connectivity index (χ2n) is 6.86. The van der Waals surface area contributed by atoms with Crippen molar-refractivity contribution in [2.24, 2.45) is 0 Å². The predicted molar refractivity (Wildman–Crippen MR) is 102 cm³/mol. The van der Waals surface area contributed by atoms with Crippen LogP contribution in [0.2, 0.25) is 0 Å². The maximum absolute atomic E-state index is 12.4. The van der Waals surface area contributed by atoms with Gasteiger partial charge in [0.25, 0.3) is 0 Å². The minimum atomic E-state index is -0.545. The van der Waals surface area contributed by atoms with Crippen LogP contribution in [0.4, 0.5) is 0 Å². The Morgan fingerprint density at radius 1 is 1.22 bits per heavy atom. The largest absolute Gasteiger partial charge is 0.494 e. The van der Waals surface area contributed by atoms with Crippen molar-refractivity contribution in [1.29, 1.82) is 0 Å². The number of likely N-dealkylation sites (N-methyl/N-ethyl adjacent to an activating group) is 1. The van der Waals surface area contributed by atoms with Gasteiger partial charge < -0.3 is 9.47 Å². The lowest BCUT2D eigenvalue weighted by molar-refractivity contribution is -0.126. The number of hydrogen-bond acceptors (Lipinski definition) is 6. The van der Waals surface area contributed by atoms with Gasteiger partial charge in [0.1, 0.15) is 17.2 Å². The van der Waals surface area contributed by atoms with Crippen LogP contribution in [0, 0.1) is 0 Å². The Hall–Kier alpha value is -2.93. The molecule has 7 nitrogen and oxygen atoms in total. The number of ketones is 1. The molecule has 27 heavy (non-hydrogen) atoms. The van der Waals surface area contributed by atoms with Gasteiger partial charge in [0.2, 0.25) is 0 Å². The lowest BCUT2D eigenvalue weighted by Crippen LogP contribution is -2.35. The van der Waals surface area contributed by atoms with Gasteiger partial charge in [-0.05, 0) is 44.7 Å². The number of ether oxygens (including phenoxy) is 2. The van der Waals surface area contributed by atoms with E-state index < -0.39 is 6.10 Å². The summed E-state index contributed by atoms with van der Waals surface area (Å²) in [4.78, 5) is 18.7. The number of benzene rings is 1. The van der Waals surface area contributed by atoms with Gasteiger partial charge >= 0.3 is 0 Å². The summed E-state index contributed by atoms with van der Waals surface area (Å²) in [5.74, 6) is 1.37. The number of aromatic amines is 1. The number of nitrogens with one attached hydrogen (secondary N) is 1. The zero-order valence-corrected chi connectivity index (χ0v) is 15.4. The van der Waals surface area contributed by atoms with Gasteiger partial charge in [-0.3, -0.25) is 19.8 Å². The van der Waals surface area contributed by atoms with Crippen molar-refractivity contribution in [2.75, 3.05) is 26.7 Å². The number of fused-ring (bicyclic) bond motifs is 4. The number of carbonyl (C=O) groups excluding carboxylic acids is 1. The highest BCUT2D eigenvalue weighted by Crippen LogP contribution is 2.30. The van der Waals surface area contributed by atoms with E-state index in [1.807, 2.05) is 36.2 Å². The predicted octanol–water partition coefficient (Wildman–Crippen LogP) is 2.68. The van der Waals surface area contributed by atoms with E-state index in [0.29, 0.717) is 18.9 Å². The molecular formula is C20H22N4O3. The second-order valence-corrected chi connectivity index (χ2v) is 6.86. The quantitative estimate of drug-likeness (QED) is 0.659. The normalized spacial score (nSPS) is 19.0. The van der Waals surface area contributed by atoms with Crippen LogP contribution in [0.15, 0.2) is 36.7 Å². The first-order valence-corrected chi connectivity index (χ1v) is 9.04. The van der Waals surface area contributed by atoms with E-state index in [2.05, 4.69) is 15.2 Å². The molecule has 1 aliphatic heterocycles. The van der Waals surface area contributed by atoms with Gasteiger partial charge in [0.15, 0.2) is 11.9 Å². The number of carbonyl (C=O) groups is 1. The third-order valence-corrected chi connectivity index (χ3v) is 4.67. The maximum atomic E-state index is 12.4. The Morgan fingerprint density at radius 3 is 3.00 bits per heavy atom. The van der Waals surface area contributed by atoms with E-state index in [9.17, 15) is 4.79 Å². The van der Waals surface area contributed by atoms with Crippen molar-refractivity contribution in [1.82, 2.24) is 20.1 Å². The molecule has 1 atom stereocenters. The van der Waals surface area contributed by atoms with E-state index in [1.54, 1.807) is 19.3 Å². The zero-order valence-electron chi connectivity index (χ0n) is 15.4. The highest BCUT2D eigenvalue weighted by Gasteiger charge is 2.18. The molecule has 3 heterocycles. The van der Waals surface area contributed by atoms with E-state index >= 15 is 0 Å². The summed E-state index contributed by atoms with van der Waals surface area (Å²) < 4.78 is 11.7. The van der Waals surface area contributed by atoms with Gasteiger partial charge in [-0.25, -0.2) is 0 Å². The van der Waals surface area contributed by atoms with E-state index in [-0.39, 0.29) is 5.78 Å². The smallest absolute Gasteiger partial charge is 0.186 e. The molecular weight excluding hydrogens is 344 g/mol. The highest BCUT2D eigenvalue weighted by molar-refractivity contribution is 5.93. The molecule has 1 unspecified atom stereocenters. The summed E-state index contributed by atoms with van der Waals surface area (Å²) in [7, 11) is 1.93. The highest BCUT2D eigenvalue weighted by atomic mass is 16.5. The van der Waals surface area contributed by atoms with Crippen molar-refractivity contribution in [2.45, 2.75) is 19.4 Å². The average molecular weight is 366 g/mol. The van der Waals surface area contributed by atoms with Gasteiger partial charge in [-0.2, -0.15) is 5.10 Å². The summed E-state index contributed by atoms with van der Waals surface area (Å²) in [6.07, 6.45) is 3.64. The number of H-pyrrole nitrogens is 1. The minimum Gasteiger partial charge on any atom is -0.494 e. The number of hydrogen-bond donors (Lipinski definition) is 1. The van der Waals surface area contributed by atoms with Gasteiger partial charge in [-0.1, -0.05) is 0 Å². The summed E-state index contributed by atoms with van der Waals surface area (Å²) >= 11 is 0. The zero-order chi connectivity index (χ0) is 18.8. The Balaban J connectivity index is 1.75. The van der Waals surface area contributed by atoms with E-state index in [4.69, 9.17) is 9.47 Å². The Kier molecular flexibility index (Phi) is 4.77. The van der Waals surface area contributed by atoms with Crippen LogP contribution >= 0.6 is 0 Å². The summed E-state index contributed by atoms with van der Waals surface area (Å²) in [6, 6.07) is 7.74. The van der Waals surface area contributed by atoms with Crippen LogP contribution in [-0.4, -0.2) is 58.7 Å². The molecule has 1 N–H and O–H groups in total. The number of rotatable bonds is 0. The van der Waals surface area contributed by atoms with E-state index in [1.165, 1.54) is 0 Å². The molecule has 140 valence electrons. The Morgan fingerprint density at radius 2 is 2.11 bits per heavy atom. The third-order valence-electron chi connectivity index (χ3n) is 4.67. The van der Waals surface area contributed by atoms with Crippen LogP contribution < -0.4 is 9.47 Å². The minimum absolute atomic E-state index is 0.0308. The summed E-state index contributed by atoms with van der Waals surface area (Å²) in [5, 5.41) is 8.43. The van der Waals surface area contributed by atoms with Crippen molar-refractivity contribution in [3.05, 3.63) is 36.7 Å². The van der Waals surface area contributed by atoms with Crippen LogP contribution in [0.3, 0.4) is 0 Å². The SMILES string of the molecule is CC1Oc2cncc(c2)-c2n[nH]c3ccc(cc23)OCCCN(C)CC1=O. The number of pyridine rings is 1. The molecule has 1 aromatic carbocycles. The Bertz CT molecular complexity index is 969. The second kappa shape index (κ2) is 7.36. The molecule has 0 fully saturated rings. The fourth-order valence-corrected chi connectivity index (χ4v) is 3.18. The third kappa shape index (κ3) is 3.78. The molecule has 4 rings (SSSR count). The first kappa shape index (κ1) is 17.5. The molecule has 7 heteroatoms. The van der Waals surface area contributed by atoms with E-state index in [0.717, 1.165) is 40.9 Å². The molecule has 0 saturated heterocycles. The topological polar surface area (TPSA) is 80.3 Å². The lowest BCUT2D eigenvalue weighted by Gasteiger charge is -2.19. The first-order chi connectivity index (χ1) is 13.1. The molecule has 2 aromatic heterocycles. The van der Waals surface area contributed by atoms with Crippen molar-refractivity contribution >= 4 is 16.7 Å². The van der Waals surface area contributed by atoms with Crippen LogP contribution in [0.5, 0.6) is 11.5 Å². The van der Waals surface area contributed by atoms with Crippen molar-refractivity contribution in [3.8, 4) is 22.8 Å². The number of nitrogens with zero attached hydrogens (tertiary/aromatic N) is 3. The summed E-state index contributed by atoms with van der Waals surface area (Å²) in [5.41, 5.74) is 2.52. The van der Waals surface area contributed by atoms with Crippen LogP contribution in [0.1, 0.15) is 13.3 Å². The van der Waals surface area contributed by atoms with Gasteiger partial charge in [0, 0.05) is 23.7 Å². The molecule has 4 bridgehead atoms.